The van der Waals surface area contributed by atoms with Gasteiger partial charge in [-0.2, -0.15) is 0 Å². The van der Waals surface area contributed by atoms with E-state index in [1.54, 1.807) is 19.1 Å². The number of aryl methyl sites for hydroxylation is 1. The lowest BCUT2D eigenvalue weighted by Gasteiger charge is -2.10. The highest BCUT2D eigenvalue weighted by Crippen LogP contribution is 2.27. The third-order valence-electron chi connectivity index (χ3n) is 3.89. The molecule has 0 aliphatic heterocycles. The third-order valence-corrected chi connectivity index (χ3v) is 4.30. The van der Waals surface area contributed by atoms with E-state index < -0.39 is 11.6 Å². The van der Waals surface area contributed by atoms with Gasteiger partial charge >= 0.3 is 11.6 Å². The molecule has 0 amide bonds. The van der Waals surface area contributed by atoms with Gasteiger partial charge in [-0.05, 0) is 36.8 Å². The van der Waals surface area contributed by atoms with Crippen LogP contribution in [0.5, 0.6) is 11.5 Å². The number of hydrogen-bond acceptors (Lipinski definition) is 6. The van der Waals surface area contributed by atoms with E-state index >= 15 is 0 Å². The molecule has 0 unspecified atom stereocenters. The molecule has 0 atom stereocenters. The fraction of sp³-hybridized carbons (Fsp3) is 0.158. The van der Waals surface area contributed by atoms with Gasteiger partial charge in [0.1, 0.15) is 29.3 Å². The number of hydrogen-bond donors (Lipinski definition) is 1. The minimum absolute atomic E-state index is 0.00746. The van der Waals surface area contributed by atoms with E-state index in [0.29, 0.717) is 27.3 Å². The zero-order valence-corrected chi connectivity index (χ0v) is 14.8. The second kappa shape index (κ2) is 7.09. The van der Waals surface area contributed by atoms with Gasteiger partial charge in [0, 0.05) is 28.1 Å². The van der Waals surface area contributed by atoms with Crippen molar-refractivity contribution >= 4 is 28.5 Å². The molecule has 2 aromatic carbocycles. The second-order valence-electron chi connectivity index (χ2n) is 5.65. The molecule has 0 radical (unpaired) electrons. The normalized spacial score (nSPS) is 10.7. The van der Waals surface area contributed by atoms with Gasteiger partial charge < -0.3 is 19.0 Å². The molecule has 0 aliphatic rings. The molecule has 6 nitrogen and oxygen atoms in total. The Morgan fingerprint density at radius 1 is 1.23 bits per heavy atom. The molecule has 1 aromatic heterocycles. The summed E-state index contributed by atoms with van der Waals surface area (Å²) in [6.45, 7) is 1.62. The van der Waals surface area contributed by atoms with Crippen molar-refractivity contribution in [2.45, 2.75) is 13.5 Å². The molecular weight excluding hydrogens is 360 g/mol. The van der Waals surface area contributed by atoms with Crippen molar-refractivity contribution in [3.63, 3.8) is 0 Å². The van der Waals surface area contributed by atoms with Crippen molar-refractivity contribution in [2.75, 3.05) is 7.11 Å². The predicted octanol–water partition coefficient (Wildman–Crippen LogP) is 3.83. The molecule has 0 saturated heterocycles. The molecule has 26 heavy (non-hydrogen) atoms. The fourth-order valence-corrected chi connectivity index (χ4v) is 2.66. The van der Waals surface area contributed by atoms with Crippen LogP contribution in [0.4, 0.5) is 0 Å². The van der Waals surface area contributed by atoms with Gasteiger partial charge in [0.2, 0.25) is 0 Å². The zero-order valence-electron chi connectivity index (χ0n) is 14.0. The molecule has 1 heterocycles. The Bertz CT molecular complexity index is 1050. The lowest BCUT2D eigenvalue weighted by Crippen LogP contribution is -2.08. The number of phenols is 1. The molecule has 134 valence electrons. The van der Waals surface area contributed by atoms with Crippen LogP contribution in [0.1, 0.15) is 21.5 Å². The van der Waals surface area contributed by atoms with Crippen LogP contribution < -0.4 is 10.4 Å². The number of aromatic hydroxyl groups is 1. The smallest absolute Gasteiger partial charge is 0.342 e. The Morgan fingerprint density at radius 2 is 2.00 bits per heavy atom. The van der Waals surface area contributed by atoms with E-state index in [4.69, 9.17) is 25.5 Å². The molecule has 3 aromatic rings. The van der Waals surface area contributed by atoms with Crippen LogP contribution in [0, 0.1) is 6.92 Å². The van der Waals surface area contributed by atoms with E-state index in [1.807, 2.05) is 0 Å². The van der Waals surface area contributed by atoms with Crippen molar-refractivity contribution in [3.8, 4) is 11.5 Å². The maximum Gasteiger partial charge on any atom is 0.342 e. The topological polar surface area (TPSA) is 86.0 Å². The molecule has 7 heteroatoms. The average Bonchev–Trinajstić information content (AvgIpc) is 2.60. The molecule has 0 spiro atoms. The summed E-state index contributed by atoms with van der Waals surface area (Å²) >= 11 is 6.13. The lowest BCUT2D eigenvalue weighted by molar-refractivity contribution is 0.0470. The van der Waals surface area contributed by atoms with Crippen LogP contribution in [0.2, 0.25) is 5.02 Å². The number of ether oxygens (including phenoxy) is 2. The van der Waals surface area contributed by atoms with Crippen molar-refractivity contribution < 1.29 is 23.8 Å². The zero-order chi connectivity index (χ0) is 18.8. The highest BCUT2D eigenvalue weighted by atomic mass is 35.5. The standard InChI is InChI=1S/C19H15ClO6/c1-10-5-17-14(8-15(10)20)11(6-18(22)26-17)9-25-19(23)13-4-3-12(24-2)7-16(13)21/h3-8,21H,9H2,1-2H3. The fourth-order valence-electron chi connectivity index (χ4n) is 2.50. The van der Waals surface area contributed by atoms with Crippen LogP contribution in [0.3, 0.4) is 0 Å². The molecule has 0 bridgehead atoms. The van der Waals surface area contributed by atoms with Crippen molar-refractivity contribution in [3.05, 3.63) is 68.5 Å². The summed E-state index contributed by atoms with van der Waals surface area (Å²) in [7, 11) is 1.45. The summed E-state index contributed by atoms with van der Waals surface area (Å²) in [4.78, 5) is 24.0. The average molecular weight is 375 g/mol. The molecule has 0 saturated carbocycles. The lowest BCUT2D eigenvalue weighted by atomic mass is 10.1. The summed E-state index contributed by atoms with van der Waals surface area (Å²) in [5.41, 5.74) is 1.02. The van der Waals surface area contributed by atoms with Gasteiger partial charge in [-0.1, -0.05) is 11.6 Å². The first-order valence-electron chi connectivity index (χ1n) is 7.66. The Balaban J connectivity index is 1.89. The number of rotatable bonds is 4. The Labute approximate surface area is 153 Å². The molecule has 1 N–H and O–H groups in total. The van der Waals surface area contributed by atoms with Crippen LogP contribution in [0.25, 0.3) is 11.0 Å². The molecular formula is C19H15ClO6. The number of halogens is 1. The quantitative estimate of drug-likeness (QED) is 0.551. The van der Waals surface area contributed by atoms with E-state index in [1.165, 1.54) is 31.4 Å². The SMILES string of the molecule is COc1ccc(C(=O)OCc2cc(=O)oc3cc(C)c(Cl)cc23)c(O)c1. The monoisotopic (exact) mass is 374 g/mol. The van der Waals surface area contributed by atoms with Gasteiger partial charge in [0.25, 0.3) is 0 Å². The van der Waals surface area contributed by atoms with Crippen LogP contribution >= 0.6 is 11.6 Å². The number of benzene rings is 2. The number of fused-ring (bicyclic) bond motifs is 1. The maximum absolute atomic E-state index is 12.2. The van der Waals surface area contributed by atoms with Crippen molar-refractivity contribution in [1.29, 1.82) is 0 Å². The van der Waals surface area contributed by atoms with Crippen LogP contribution in [-0.2, 0) is 11.3 Å². The van der Waals surface area contributed by atoms with Gasteiger partial charge in [-0.25, -0.2) is 9.59 Å². The van der Waals surface area contributed by atoms with Crippen LogP contribution in [0.15, 0.2) is 45.6 Å². The summed E-state index contributed by atoms with van der Waals surface area (Å²) in [6.07, 6.45) is 0. The van der Waals surface area contributed by atoms with Crippen molar-refractivity contribution in [2.24, 2.45) is 0 Å². The minimum Gasteiger partial charge on any atom is -0.507 e. The first-order chi connectivity index (χ1) is 12.4. The van der Waals surface area contributed by atoms with Crippen molar-refractivity contribution in [1.82, 2.24) is 0 Å². The number of methoxy groups -OCH3 is 1. The summed E-state index contributed by atoms with van der Waals surface area (Å²) < 4.78 is 15.4. The predicted molar refractivity (Wildman–Crippen MR) is 96.0 cm³/mol. The summed E-state index contributed by atoms with van der Waals surface area (Å²) in [6, 6.07) is 8.79. The van der Waals surface area contributed by atoms with Crippen LogP contribution in [-0.4, -0.2) is 18.2 Å². The van der Waals surface area contributed by atoms with Gasteiger partial charge in [-0.3, -0.25) is 0 Å². The number of carbonyl (C=O) groups is 1. The first-order valence-corrected chi connectivity index (χ1v) is 8.04. The van der Waals surface area contributed by atoms with E-state index in [2.05, 4.69) is 0 Å². The summed E-state index contributed by atoms with van der Waals surface area (Å²) in [5, 5.41) is 11.0. The highest BCUT2D eigenvalue weighted by molar-refractivity contribution is 6.32. The Hall–Kier alpha value is -2.99. The Morgan fingerprint density at radius 3 is 2.69 bits per heavy atom. The first kappa shape index (κ1) is 17.8. The molecule has 0 aliphatic carbocycles. The number of phenolic OH excluding ortho intramolecular Hbond substituents is 1. The van der Waals surface area contributed by atoms with Gasteiger partial charge in [-0.15, -0.1) is 0 Å². The van der Waals surface area contributed by atoms with Gasteiger partial charge in [0.05, 0.1) is 7.11 Å². The Kier molecular flexibility index (Phi) is 4.86. The van der Waals surface area contributed by atoms with E-state index in [-0.39, 0.29) is 17.9 Å². The second-order valence-corrected chi connectivity index (χ2v) is 6.05. The highest BCUT2D eigenvalue weighted by Gasteiger charge is 2.15. The number of carbonyl (C=O) groups excluding carboxylic acids is 1. The van der Waals surface area contributed by atoms with E-state index in [0.717, 1.165) is 5.56 Å². The molecule has 0 fully saturated rings. The molecule has 3 rings (SSSR count). The maximum atomic E-state index is 12.2. The summed E-state index contributed by atoms with van der Waals surface area (Å²) in [5.74, 6) is -0.578. The van der Waals surface area contributed by atoms with E-state index in [9.17, 15) is 14.7 Å². The third kappa shape index (κ3) is 3.50. The van der Waals surface area contributed by atoms with Gasteiger partial charge in [0.15, 0.2) is 0 Å². The number of esters is 1. The largest absolute Gasteiger partial charge is 0.507 e. The minimum atomic E-state index is -0.732.